The van der Waals surface area contributed by atoms with Gasteiger partial charge < -0.3 is 20.3 Å². The molecule has 0 aliphatic carbocycles. The third-order valence-electron chi connectivity index (χ3n) is 2.78. The fraction of sp³-hybridized carbons (Fsp3) is 0.929. The number of ether oxygens (including phenoxy) is 1. The topological polar surface area (TPSA) is 48.9 Å². The summed E-state index contributed by atoms with van der Waals surface area (Å²) in [6.45, 7) is 11.9. The molecule has 0 aliphatic rings. The first-order valence-corrected chi connectivity index (χ1v) is 7.29. The van der Waals surface area contributed by atoms with Gasteiger partial charge in [-0.05, 0) is 26.3 Å². The Hall–Kier alpha value is -0.0800. The van der Waals surface area contributed by atoms with Gasteiger partial charge >= 0.3 is 0 Å². The average Bonchev–Trinajstić information content (AvgIpc) is 2.36. The number of guanidine groups is 1. The highest BCUT2D eigenvalue weighted by Gasteiger charge is 2.00. The van der Waals surface area contributed by atoms with Crippen LogP contribution in [0.25, 0.3) is 0 Å². The lowest BCUT2D eigenvalue weighted by Gasteiger charge is -2.17. The molecule has 0 rings (SSSR count). The number of nitrogens with zero attached hydrogens (tertiary/aromatic N) is 2. The molecule has 0 fully saturated rings. The van der Waals surface area contributed by atoms with E-state index in [9.17, 15) is 0 Å². The van der Waals surface area contributed by atoms with Gasteiger partial charge in [0, 0.05) is 39.8 Å². The van der Waals surface area contributed by atoms with Crippen LogP contribution in [0.4, 0.5) is 0 Å². The van der Waals surface area contributed by atoms with Crippen molar-refractivity contribution < 1.29 is 4.74 Å². The molecule has 0 radical (unpaired) electrons. The normalized spacial score (nSPS) is 11.7. The van der Waals surface area contributed by atoms with E-state index in [0.29, 0.717) is 5.92 Å². The Labute approximate surface area is 141 Å². The van der Waals surface area contributed by atoms with Crippen molar-refractivity contribution in [2.75, 3.05) is 53.5 Å². The van der Waals surface area contributed by atoms with Crippen LogP contribution < -0.4 is 10.6 Å². The van der Waals surface area contributed by atoms with E-state index in [4.69, 9.17) is 4.74 Å². The van der Waals surface area contributed by atoms with Gasteiger partial charge in [0.15, 0.2) is 5.96 Å². The first kappa shape index (κ1) is 22.2. The van der Waals surface area contributed by atoms with Crippen LogP contribution in [-0.2, 0) is 4.74 Å². The molecule has 0 aromatic heterocycles. The third-order valence-corrected chi connectivity index (χ3v) is 2.78. The monoisotopic (exact) mass is 400 g/mol. The van der Waals surface area contributed by atoms with Crippen LogP contribution in [0.15, 0.2) is 4.99 Å². The molecule has 0 saturated heterocycles. The van der Waals surface area contributed by atoms with Crippen molar-refractivity contribution in [2.45, 2.75) is 27.2 Å². The summed E-state index contributed by atoms with van der Waals surface area (Å²) in [6.07, 6.45) is 1.13. The molecule has 0 atom stereocenters. The molecule has 122 valence electrons. The first-order chi connectivity index (χ1) is 9.10. The highest BCUT2D eigenvalue weighted by atomic mass is 127. The van der Waals surface area contributed by atoms with Gasteiger partial charge in [-0.1, -0.05) is 13.8 Å². The minimum atomic E-state index is 0. The zero-order chi connectivity index (χ0) is 14.5. The number of halogens is 1. The largest absolute Gasteiger partial charge is 0.383 e. The van der Waals surface area contributed by atoms with Gasteiger partial charge in [-0.15, -0.1) is 24.0 Å². The summed E-state index contributed by atoms with van der Waals surface area (Å²) in [5.74, 6) is 1.62. The Bertz CT molecular complexity index is 237. The highest BCUT2D eigenvalue weighted by molar-refractivity contribution is 14.0. The Morgan fingerprint density at radius 1 is 1.25 bits per heavy atom. The number of likely N-dealkylation sites (N-methyl/N-ethyl adjacent to an activating group) is 1. The zero-order valence-corrected chi connectivity index (χ0v) is 16.1. The van der Waals surface area contributed by atoms with Crippen LogP contribution in [0.5, 0.6) is 0 Å². The molecule has 0 saturated carbocycles. The Kier molecular flexibility index (Phi) is 17.0. The van der Waals surface area contributed by atoms with E-state index in [0.717, 1.165) is 51.7 Å². The van der Waals surface area contributed by atoms with E-state index in [1.165, 1.54) is 0 Å². The second-order valence-electron chi connectivity index (χ2n) is 5.17. The number of aliphatic imine (C=N–C) groups is 1. The molecule has 0 heterocycles. The second-order valence-corrected chi connectivity index (χ2v) is 5.17. The lowest BCUT2D eigenvalue weighted by molar-refractivity contribution is 0.162. The Morgan fingerprint density at radius 3 is 2.50 bits per heavy atom. The second kappa shape index (κ2) is 15.3. The van der Waals surface area contributed by atoms with E-state index >= 15 is 0 Å². The van der Waals surface area contributed by atoms with Crippen molar-refractivity contribution in [3.05, 3.63) is 0 Å². The van der Waals surface area contributed by atoms with Gasteiger partial charge in [-0.2, -0.15) is 0 Å². The number of rotatable bonds is 10. The minimum absolute atomic E-state index is 0. The lowest BCUT2D eigenvalue weighted by Crippen LogP contribution is -2.41. The third kappa shape index (κ3) is 14.3. The summed E-state index contributed by atoms with van der Waals surface area (Å²) in [6, 6.07) is 0. The number of nitrogens with one attached hydrogen (secondary N) is 2. The van der Waals surface area contributed by atoms with Gasteiger partial charge in [0.1, 0.15) is 0 Å². The summed E-state index contributed by atoms with van der Waals surface area (Å²) < 4.78 is 5.06. The number of hydrogen-bond acceptors (Lipinski definition) is 3. The molecule has 20 heavy (non-hydrogen) atoms. The Balaban J connectivity index is 0. The van der Waals surface area contributed by atoms with Crippen molar-refractivity contribution in [1.82, 2.24) is 15.5 Å². The van der Waals surface area contributed by atoms with Gasteiger partial charge in [-0.25, -0.2) is 0 Å². The van der Waals surface area contributed by atoms with Crippen molar-refractivity contribution in [1.29, 1.82) is 0 Å². The van der Waals surface area contributed by atoms with E-state index in [2.05, 4.69) is 48.3 Å². The molecular weight excluding hydrogens is 367 g/mol. The van der Waals surface area contributed by atoms with E-state index in [1.807, 2.05) is 0 Å². The van der Waals surface area contributed by atoms with Gasteiger partial charge in [0.05, 0.1) is 6.61 Å². The van der Waals surface area contributed by atoms with E-state index < -0.39 is 0 Å². The van der Waals surface area contributed by atoms with Gasteiger partial charge in [-0.3, -0.25) is 4.99 Å². The number of hydrogen-bond donors (Lipinski definition) is 2. The quantitative estimate of drug-likeness (QED) is 0.334. The van der Waals surface area contributed by atoms with Crippen molar-refractivity contribution in [2.24, 2.45) is 10.9 Å². The Morgan fingerprint density at radius 2 is 1.95 bits per heavy atom. The molecule has 2 N–H and O–H groups in total. The molecule has 0 amide bonds. The van der Waals surface area contributed by atoms with Crippen LogP contribution in [0.1, 0.15) is 27.2 Å². The summed E-state index contributed by atoms with van der Waals surface area (Å²) in [5, 5.41) is 6.63. The molecule has 5 nitrogen and oxygen atoms in total. The van der Waals surface area contributed by atoms with Crippen molar-refractivity contribution in [3.8, 4) is 0 Å². The molecule has 0 aliphatic heterocycles. The average molecular weight is 400 g/mol. The van der Waals surface area contributed by atoms with Crippen LogP contribution in [0.3, 0.4) is 0 Å². The predicted octanol–water partition coefficient (Wildman–Crippen LogP) is 1.78. The molecule has 6 heteroatoms. The minimum Gasteiger partial charge on any atom is -0.383 e. The lowest BCUT2D eigenvalue weighted by atomic mass is 10.1. The molecule has 0 spiro atoms. The standard InChI is InChI=1S/C14H32N4O.HI/c1-6-15-14(16-8-7-13(2)3)17-9-10-18(4)11-12-19-5;/h13H,6-12H2,1-5H3,(H2,15,16,17);1H. The van der Waals surface area contributed by atoms with Crippen LogP contribution in [0, 0.1) is 5.92 Å². The molecular formula is C14H33IN4O. The molecule has 0 aromatic carbocycles. The fourth-order valence-electron chi connectivity index (χ4n) is 1.50. The predicted molar refractivity (Wildman–Crippen MR) is 98.2 cm³/mol. The summed E-state index contributed by atoms with van der Waals surface area (Å²) in [4.78, 5) is 6.81. The van der Waals surface area contributed by atoms with Gasteiger partial charge in [0.25, 0.3) is 0 Å². The van der Waals surface area contributed by atoms with Crippen LogP contribution >= 0.6 is 24.0 Å². The summed E-state index contributed by atoms with van der Waals surface area (Å²) in [7, 11) is 3.83. The fourth-order valence-corrected chi connectivity index (χ4v) is 1.50. The van der Waals surface area contributed by atoms with Gasteiger partial charge in [0.2, 0.25) is 0 Å². The van der Waals surface area contributed by atoms with Crippen LogP contribution in [0.2, 0.25) is 0 Å². The molecule has 0 aromatic rings. The van der Waals surface area contributed by atoms with Crippen LogP contribution in [-0.4, -0.2) is 64.3 Å². The van der Waals surface area contributed by atoms with E-state index in [1.54, 1.807) is 7.11 Å². The maximum atomic E-state index is 5.06. The van der Waals surface area contributed by atoms with Crippen molar-refractivity contribution >= 4 is 29.9 Å². The number of methoxy groups -OCH3 is 1. The maximum Gasteiger partial charge on any atom is 0.191 e. The maximum absolute atomic E-state index is 5.06. The molecule has 0 bridgehead atoms. The zero-order valence-electron chi connectivity index (χ0n) is 13.7. The SMILES string of the molecule is CCNC(=NCCC(C)C)NCCN(C)CCOC.I. The first-order valence-electron chi connectivity index (χ1n) is 7.29. The summed E-state index contributed by atoms with van der Waals surface area (Å²) >= 11 is 0. The highest BCUT2D eigenvalue weighted by Crippen LogP contribution is 1.98. The summed E-state index contributed by atoms with van der Waals surface area (Å²) in [5.41, 5.74) is 0. The van der Waals surface area contributed by atoms with Crippen molar-refractivity contribution in [3.63, 3.8) is 0 Å². The molecule has 0 unspecified atom stereocenters. The van der Waals surface area contributed by atoms with E-state index in [-0.39, 0.29) is 24.0 Å². The smallest absolute Gasteiger partial charge is 0.191 e.